The fourth-order valence-electron chi connectivity index (χ4n) is 0.933. The maximum absolute atomic E-state index is 5.33. The average Bonchev–Trinajstić information content (AvgIpc) is 2.29. The first-order valence-corrected chi connectivity index (χ1v) is 3.62. The van der Waals surface area contributed by atoms with Gasteiger partial charge in [-0.2, -0.15) is 0 Å². The van der Waals surface area contributed by atoms with Crippen LogP contribution < -0.4 is 11.1 Å². The van der Waals surface area contributed by atoms with Gasteiger partial charge in [-0.3, -0.25) is 0 Å². The van der Waals surface area contributed by atoms with Crippen LogP contribution in [0, 0.1) is 13.8 Å². The van der Waals surface area contributed by atoms with Gasteiger partial charge in [0.1, 0.15) is 11.4 Å². The maximum atomic E-state index is 5.33. The lowest BCUT2D eigenvalue weighted by molar-refractivity contribution is 0.393. The standard InChI is InChI=1S/C7H13N3O/c1-5-7(9-4-3-8)6(2)11-10-5/h9H,3-4,8H2,1-2H3. The molecular formula is C7H13N3O. The van der Waals surface area contributed by atoms with Crippen LogP contribution in [0.5, 0.6) is 0 Å². The molecule has 0 radical (unpaired) electrons. The fourth-order valence-corrected chi connectivity index (χ4v) is 0.933. The fraction of sp³-hybridized carbons (Fsp3) is 0.571. The number of nitrogens with zero attached hydrogens (tertiary/aromatic N) is 1. The van der Waals surface area contributed by atoms with Crippen molar-refractivity contribution in [3.8, 4) is 0 Å². The van der Waals surface area contributed by atoms with Gasteiger partial charge >= 0.3 is 0 Å². The maximum Gasteiger partial charge on any atom is 0.156 e. The molecule has 4 heteroatoms. The van der Waals surface area contributed by atoms with Gasteiger partial charge in [0.2, 0.25) is 0 Å². The van der Waals surface area contributed by atoms with Gasteiger partial charge in [-0.25, -0.2) is 0 Å². The highest BCUT2D eigenvalue weighted by atomic mass is 16.5. The van der Waals surface area contributed by atoms with Crippen molar-refractivity contribution in [3.63, 3.8) is 0 Å². The summed E-state index contributed by atoms with van der Waals surface area (Å²) in [6.07, 6.45) is 0. The minimum absolute atomic E-state index is 0.615. The molecule has 1 rings (SSSR count). The predicted molar refractivity (Wildman–Crippen MR) is 43.5 cm³/mol. The Labute approximate surface area is 65.7 Å². The van der Waals surface area contributed by atoms with E-state index in [1.807, 2.05) is 13.8 Å². The van der Waals surface area contributed by atoms with E-state index in [1.54, 1.807) is 0 Å². The number of aromatic nitrogens is 1. The van der Waals surface area contributed by atoms with Gasteiger partial charge in [0.15, 0.2) is 5.76 Å². The highest BCUT2D eigenvalue weighted by Crippen LogP contribution is 2.17. The Morgan fingerprint density at radius 3 is 2.73 bits per heavy atom. The molecule has 0 saturated carbocycles. The Balaban J connectivity index is 2.67. The van der Waals surface area contributed by atoms with Crippen molar-refractivity contribution in [2.75, 3.05) is 18.4 Å². The molecule has 0 aliphatic carbocycles. The summed E-state index contributed by atoms with van der Waals surface area (Å²) in [6, 6.07) is 0. The summed E-state index contributed by atoms with van der Waals surface area (Å²) in [6.45, 7) is 5.14. The minimum Gasteiger partial charge on any atom is -0.379 e. The first-order valence-electron chi connectivity index (χ1n) is 3.62. The van der Waals surface area contributed by atoms with Crippen molar-refractivity contribution >= 4 is 5.69 Å². The number of hydrogen-bond donors (Lipinski definition) is 2. The Morgan fingerprint density at radius 1 is 1.55 bits per heavy atom. The molecule has 1 aromatic heterocycles. The molecule has 0 aliphatic rings. The molecular weight excluding hydrogens is 142 g/mol. The Bertz CT molecular complexity index is 212. The van der Waals surface area contributed by atoms with Gasteiger partial charge in [-0.15, -0.1) is 0 Å². The second-order valence-corrected chi connectivity index (χ2v) is 2.41. The van der Waals surface area contributed by atoms with Crippen LogP contribution in [0.25, 0.3) is 0 Å². The predicted octanol–water partition coefficient (Wildman–Crippen LogP) is 0.662. The number of aryl methyl sites for hydroxylation is 2. The summed E-state index contributed by atoms with van der Waals surface area (Å²) in [7, 11) is 0. The smallest absolute Gasteiger partial charge is 0.156 e. The van der Waals surface area contributed by atoms with Crippen LogP contribution >= 0.6 is 0 Å². The highest BCUT2D eigenvalue weighted by molar-refractivity contribution is 5.49. The third-order valence-corrected chi connectivity index (χ3v) is 1.48. The molecule has 1 aromatic rings. The third-order valence-electron chi connectivity index (χ3n) is 1.48. The third kappa shape index (κ3) is 1.71. The monoisotopic (exact) mass is 155 g/mol. The number of anilines is 1. The molecule has 0 unspecified atom stereocenters. The zero-order valence-electron chi connectivity index (χ0n) is 6.85. The van der Waals surface area contributed by atoms with E-state index in [0.717, 1.165) is 23.7 Å². The quantitative estimate of drug-likeness (QED) is 0.673. The summed E-state index contributed by atoms with van der Waals surface area (Å²) in [4.78, 5) is 0. The van der Waals surface area contributed by atoms with Gasteiger partial charge in [-0.05, 0) is 13.8 Å². The van der Waals surface area contributed by atoms with Crippen LogP contribution in [-0.2, 0) is 0 Å². The molecule has 0 fully saturated rings. The second-order valence-electron chi connectivity index (χ2n) is 2.41. The van der Waals surface area contributed by atoms with Crippen LogP contribution in [0.4, 0.5) is 5.69 Å². The van der Waals surface area contributed by atoms with Crippen LogP contribution in [0.3, 0.4) is 0 Å². The van der Waals surface area contributed by atoms with E-state index in [1.165, 1.54) is 0 Å². The number of rotatable bonds is 3. The van der Waals surface area contributed by atoms with Crippen LogP contribution in [0.2, 0.25) is 0 Å². The Morgan fingerprint density at radius 2 is 2.27 bits per heavy atom. The van der Waals surface area contributed by atoms with Crippen molar-refractivity contribution in [1.29, 1.82) is 0 Å². The molecule has 4 nitrogen and oxygen atoms in total. The zero-order chi connectivity index (χ0) is 8.27. The van der Waals surface area contributed by atoms with Gasteiger partial charge in [0, 0.05) is 13.1 Å². The van der Waals surface area contributed by atoms with E-state index in [9.17, 15) is 0 Å². The van der Waals surface area contributed by atoms with Crippen molar-refractivity contribution in [2.45, 2.75) is 13.8 Å². The van der Waals surface area contributed by atoms with Crippen LogP contribution in [0.1, 0.15) is 11.5 Å². The molecule has 11 heavy (non-hydrogen) atoms. The van der Waals surface area contributed by atoms with E-state index in [-0.39, 0.29) is 0 Å². The van der Waals surface area contributed by atoms with Crippen molar-refractivity contribution in [2.24, 2.45) is 5.73 Å². The van der Waals surface area contributed by atoms with E-state index < -0.39 is 0 Å². The van der Waals surface area contributed by atoms with Crippen LogP contribution in [0.15, 0.2) is 4.52 Å². The first kappa shape index (κ1) is 8.07. The van der Waals surface area contributed by atoms with Crippen LogP contribution in [-0.4, -0.2) is 18.2 Å². The molecule has 0 atom stereocenters. The molecule has 0 saturated heterocycles. The van der Waals surface area contributed by atoms with E-state index in [4.69, 9.17) is 10.3 Å². The molecule has 0 aliphatic heterocycles. The lowest BCUT2D eigenvalue weighted by Crippen LogP contribution is -2.13. The lowest BCUT2D eigenvalue weighted by atomic mass is 10.3. The van der Waals surface area contributed by atoms with Crippen molar-refractivity contribution in [3.05, 3.63) is 11.5 Å². The molecule has 3 N–H and O–H groups in total. The molecule has 62 valence electrons. The molecule has 0 bridgehead atoms. The summed E-state index contributed by atoms with van der Waals surface area (Å²) < 4.78 is 4.94. The van der Waals surface area contributed by atoms with Gasteiger partial charge in [0.05, 0.1) is 0 Å². The van der Waals surface area contributed by atoms with Gasteiger partial charge < -0.3 is 15.6 Å². The van der Waals surface area contributed by atoms with E-state index in [2.05, 4.69) is 10.5 Å². The van der Waals surface area contributed by atoms with Gasteiger partial charge in [0.25, 0.3) is 0 Å². The average molecular weight is 155 g/mol. The Hall–Kier alpha value is -1.03. The number of nitrogens with one attached hydrogen (secondary N) is 1. The summed E-state index contributed by atoms with van der Waals surface area (Å²) in [5, 5.41) is 6.92. The lowest BCUT2D eigenvalue weighted by Gasteiger charge is -2.01. The largest absolute Gasteiger partial charge is 0.379 e. The molecule has 0 spiro atoms. The highest BCUT2D eigenvalue weighted by Gasteiger charge is 2.06. The van der Waals surface area contributed by atoms with Crippen molar-refractivity contribution < 1.29 is 4.52 Å². The summed E-state index contributed by atoms with van der Waals surface area (Å²) in [5.41, 5.74) is 7.18. The Kier molecular flexibility index (Phi) is 2.48. The van der Waals surface area contributed by atoms with Gasteiger partial charge in [-0.1, -0.05) is 5.16 Å². The second kappa shape index (κ2) is 3.39. The molecule has 0 aromatic carbocycles. The number of nitrogens with two attached hydrogens (primary N) is 1. The molecule has 1 heterocycles. The van der Waals surface area contributed by atoms with E-state index in [0.29, 0.717) is 6.54 Å². The normalized spacial score (nSPS) is 10.1. The first-order chi connectivity index (χ1) is 5.25. The molecule has 0 amide bonds. The van der Waals surface area contributed by atoms with E-state index >= 15 is 0 Å². The summed E-state index contributed by atoms with van der Waals surface area (Å²) in [5.74, 6) is 0.816. The minimum atomic E-state index is 0.615. The number of hydrogen-bond acceptors (Lipinski definition) is 4. The zero-order valence-corrected chi connectivity index (χ0v) is 6.85. The van der Waals surface area contributed by atoms with Crippen molar-refractivity contribution in [1.82, 2.24) is 5.16 Å². The summed E-state index contributed by atoms with van der Waals surface area (Å²) >= 11 is 0. The SMILES string of the molecule is Cc1noc(C)c1NCCN. The topological polar surface area (TPSA) is 64.1 Å².